The molecule has 0 saturated carbocycles. The number of imide groups is 1. The minimum Gasteiger partial charge on any atom is -0.274 e. The van der Waals surface area contributed by atoms with Crippen molar-refractivity contribution < 1.29 is 9.59 Å². The van der Waals surface area contributed by atoms with Crippen LogP contribution in [-0.2, 0) is 9.59 Å². The lowest BCUT2D eigenvalue weighted by Crippen LogP contribution is -2.34. The van der Waals surface area contributed by atoms with Gasteiger partial charge in [0.1, 0.15) is 0 Å². The zero-order valence-electron chi connectivity index (χ0n) is 9.57. The standard InChI is InChI=1S/C12H12N2O2S2/c15-10-4-5-11(16)14(10)9(7-12(17)18)8-3-1-2-6-13-8/h1-3,6,9H,4-5,7H2,(H,17,18). The molecule has 2 amide bonds. The summed E-state index contributed by atoms with van der Waals surface area (Å²) < 4.78 is 0.457. The molecule has 1 aromatic rings. The molecule has 1 aromatic heterocycles. The number of hydrogen-bond acceptors (Lipinski definition) is 4. The first-order valence-corrected chi connectivity index (χ1v) is 6.42. The molecule has 0 radical (unpaired) electrons. The van der Waals surface area contributed by atoms with E-state index in [9.17, 15) is 9.59 Å². The fourth-order valence-corrected chi connectivity index (χ4v) is 2.34. The molecule has 18 heavy (non-hydrogen) atoms. The number of nitrogens with zero attached hydrogens (tertiary/aromatic N) is 2. The van der Waals surface area contributed by atoms with Gasteiger partial charge in [-0.05, 0) is 12.1 Å². The second-order valence-corrected chi connectivity index (χ2v) is 5.36. The van der Waals surface area contributed by atoms with Crippen LogP contribution in [0.15, 0.2) is 24.4 Å². The molecule has 6 heteroatoms. The monoisotopic (exact) mass is 280 g/mol. The maximum Gasteiger partial charge on any atom is 0.230 e. The number of aromatic nitrogens is 1. The van der Waals surface area contributed by atoms with Crippen LogP contribution in [0.2, 0.25) is 0 Å². The highest BCUT2D eigenvalue weighted by molar-refractivity contribution is 8.11. The Hall–Kier alpha value is -1.27. The van der Waals surface area contributed by atoms with E-state index in [1.165, 1.54) is 4.90 Å². The van der Waals surface area contributed by atoms with Gasteiger partial charge in [-0.1, -0.05) is 18.3 Å². The van der Waals surface area contributed by atoms with E-state index in [4.69, 9.17) is 12.2 Å². The number of pyridine rings is 1. The number of carbonyl (C=O) groups excluding carboxylic acids is 2. The maximum atomic E-state index is 11.8. The van der Waals surface area contributed by atoms with E-state index in [2.05, 4.69) is 17.6 Å². The van der Waals surface area contributed by atoms with Crippen LogP contribution in [0.3, 0.4) is 0 Å². The Balaban J connectivity index is 2.34. The van der Waals surface area contributed by atoms with E-state index >= 15 is 0 Å². The van der Waals surface area contributed by atoms with Crippen LogP contribution in [0.25, 0.3) is 0 Å². The van der Waals surface area contributed by atoms with Gasteiger partial charge >= 0.3 is 0 Å². The number of carbonyl (C=O) groups is 2. The molecule has 0 aliphatic carbocycles. The highest BCUT2D eigenvalue weighted by atomic mass is 32.1. The zero-order valence-corrected chi connectivity index (χ0v) is 11.3. The fraction of sp³-hybridized carbons (Fsp3) is 0.333. The number of rotatable bonds is 4. The molecule has 1 fully saturated rings. The molecule has 1 atom stereocenters. The van der Waals surface area contributed by atoms with E-state index < -0.39 is 6.04 Å². The zero-order chi connectivity index (χ0) is 13.1. The van der Waals surface area contributed by atoms with Gasteiger partial charge in [0, 0.05) is 29.7 Å². The van der Waals surface area contributed by atoms with Crippen molar-refractivity contribution >= 4 is 40.9 Å². The lowest BCUT2D eigenvalue weighted by atomic mass is 10.1. The van der Waals surface area contributed by atoms with Crippen molar-refractivity contribution in [2.75, 3.05) is 0 Å². The molecule has 0 aromatic carbocycles. The van der Waals surface area contributed by atoms with Crippen molar-refractivity contribution in [1.29, 1.82) is 0 Å². The summed E-state index contributed by atoms with van der Waals surface area (Å²) in [4.78, 5) is 29.1. The van der Waals surface area contributed by atoms with Gasteiger partial charge in [-0.25, -0.2) is 0 Å². The highest BCUT2D eigenvalue weighted by Gasteiger charge is 2.36. The SMILES string of the molecule is O=C1CCC(=O)N1C(CC(=S)S)c1ccccn1. The van der Waals surface area contributed by atoms with Gasteiger partial charge in [0.05, 0.1) is 11.7 Å². The number of amides is 2. The third-order valence-corrected chi connectivity index (χ3v) is 3.15. The first-order chi connectivity index (χ1) is 8.59. The van der Waals surface area contributed by atoms with E-state index in [0.717, 1.165) is 0 Å². The molecule has 0 spiro atoms. The first kappa shape index (κ1) is 13.2. The van der Waals surface area contributed by atoms with Crippen LogP contribution in [0.5, 0.6) is 0 Å². The van der Waals surface area contributed by atoms with E-state index in [0.29, 0.717) is 16.3 Å². The number of likely N-dealkylation sites (tertiary alicyclic amines) is 1. The summed E-state index contributed by atoms with van der Waals surface area (Å²) >= 11 is 9.07. The largest absolute Gasteiger partial charge is 0.274 e. The smallest absolute Gasteiger partial charge is 0.230 e. The Labute approximate surface area is 116 Å². The lowest BCUT2D eigenvalue weighted by Gasteiger charge is -2.25. The van der Waals surface area contributed by atoms with Gasteiger partial charge in [-0.3, -0.25) is 19.5 Å². The normalized spacial score (nSPS) is 17.1. The predicted molar refractivity (Wildman–Crippen MR) is 74.3 cm³/mol. The molecule has 1 saturated heterocycles. The Morgan fingerprint density at radius 2 is 2.06 bits per heavy atom. The summed E-state index contributed by atoms with van der Waals surface area (Å²) in [5, 5.41) is 0. The molecular weight excluding hydrogens is 268 g/mol. The third kappa shape index (κ3) is 2.76. The van der Waals surface area contributed by atoms with Crippen LogP contribution in [0.4, 0.5) is 0 Å². The van der Waals surface area contributed by atoms with E-state index in [1.54, 1.807) is 18.3 Å². The van der Waals surface area contributed by atoms with E-state index in [1.807, 2.05) is 6.07 Å². The van der Waals surface area contributed by atoms with Crippen molar-refractivity contribution in [3.8, 4) is 0 Å². The predicted octanol–water partition coefficient (Wildman–Crippen LogP) is 1.92. The average Bonchev–Trinajstić information content (AvgIpc) is 2.67. The van der Waals surface area contributed by atoms with Gasteiger partial charge in [-0.2, -0.15) is 0 Å². The average molecular weight is 280 g/mol. The van der Waals surface area contributed by atoms with Crippen LogP contribution in [0, 0.1) is 0 Å². The summed E-state index contributed by atoms with van der Waals surface area (Å²) in [7, 11) is 0. The van der Waals surface area contributed by atoms with Crippen molar-refractivity contribution in [3.63, 3.8) is 0 Å². The quantitative estimate of drug-likeness (QED) is 0.520. The summed E-state index contributed by atoms with van der Waals surface area (Å²) in [5.74, 6) is -0.333. The number of thiocarbonyl (C=S) groups is 1. The minimum atomic E-state index is -0.432. The van der Waals surface area contributed by atoms with Crippen LogP contribution in [0.1, 0.15) is 31.0 Å². The molecule has 1 aliphatic heterocycles. The Bertz CT molecular complexity index is 474. The van der Waals surface area contributed by atoms with Gasteiger partial charge < -0.3 is 0 Å². The molecule has 0 bridgehead atoms. The number of thiol groups is 1. The topological polar surface area (TPSA) is 50.3 Å². The second kappa shape index (κ2) is 5.58. The first-order valence-electron chi connectivity index (χ1n) is 5.57. The van der Waals surface area contributed by atoms with Crippen LogP contribution >= 0.6 is 24.8 Å². The Morgan fingerprint density at radius 1 is 1.39 bits per heavy atom. The van der Waals surface area contributed by atoms with Crippen molar-refractivity contribution in [2.24, 2.45) is 0 Å². The fourth-order valence-electron chi connectivity index (χ4n) is 2.01. The molecular formula is C12H12N2O2S2. The Morgan fingerprint density at radius 3 is 2.56 bits per heavy atom. The summed E-state index contributed by atoms with van der Waals surface area (Å²) in [6, 6.07) is 4.96. The molecule has 0 N–H and O–H groups in total. The third-order valence-electron chi connectivity index (χ3n) is 2.80. The highest BCUT2D eigenvalue weighted by Crippen LogP contribution is 2.29. The number of hydrogen-bond donors (Lipinski definition) is 1. The summed E-state index contributed by atoms with van der Waals surface area (Å²) in [6.07, 6.45) is 2.52. The summed E-state index contributed by atoms with van der Waals surface area (Å²) in [6.45, 7) is 0. The second-order valence-electron chi connectivity index (χ2n) is 4.03. The molecule has 2 heterocycles. The molecule has 1 unspecified atom stereocenters. The Kier molecular flexibility index (Phi) is 4.08. The van der Waals surface area contributed by atoms with Gasteiger partial charge in [0.2, 0.25) is 11.8 Å². The molecule has 94 valence electrons. The summed E-state index contributed by atoms with van der Waals surface area (Å²) in [5.41, 5.74) is 0.664. The molecule has 4 nitrogen and oxygen atoms in total. The van der Waals surface area contributed by atoms with Crippen LogP contribution < -0.4 is 0 Å². The minimum absolute atomic E-state index is 0.166. The van der Waals surface area contributed by atoms with Gasteiger partial charge in [-0.15, -0.1) is 12.6 Å². The van der Waals surface area contributed by atoms with Crippen molar-refractivity contribution in [3.05, 3.63) is 30.1 Å². The lowest BCUT2D eigenvalue weighted by molar-refractivity contribution is -0.141. The van der Waals surface area contributed by atoms with Crippen LogP contribution in [-0.4, -0.2) is 25.9 Å². The maximum absolute atomic E-state index is 11.8. The molecule has 2 rings (SSSR count). The van der Waals surface area contributed by atoms with Gasteiger partial charge in [0.25, 0.3) is 0 Å². The van der Waals surface area contributed by atoms with Gasteiger partial charge in [0.15, 0.2) is 0 Å². The molecule has 1 aliphatic rings. The van der Waals surface area contributed by atoms with E-state index in [-0.39, 0.29) is 24.7 Å². The van der Waals surface area contributed by atoms with Crippen molar-refractivity contribution in [1.82, 2.24) is 9.88 Å². The van der Waals surface area contributed by atoms with Crippen molar-refractivity contribution in [2.45, 2.75) is 25.3 Å².